The Balaban J connectivity index is 2.51. The van der Waals surface area contributed by atoms with Crippen LogP contribution in [0.2, 0.25) is 0 Å². The van der Waals surface area contributed by atoms with Crippen molar-refractivity contribution in [1.29, 1.82) is 0 Å². The molecule has 1 aromatic carbocycles. The number of ether oxygens (including phenoxy) is 1. The van der Waals surface area contributed by atoms with Crippen molar-refractivity contribution in [3.63, 3.8) is 0 Å². The Bertz CT molecular complexity index is 609. The molecule has 0 amide bonds. The molecule has 0 saturated carbocycles. The fourth-order valence-corrected chi connectivity index (χ4v) is 2.04. The summed E-state index contributed by atoms with van der Waals surface area (Å²) in [5.41, 5.74) is 3.12. The lowest BCUT2D eigenvalue weighted by atomic mass is 10.1. The van der Waals surface area contributed by atoms with E-state index in [1.54, 1.807) is 7.11 Å². The Labute approximate surface area is 120 Å². The lowest BCUT2D eigenvalue weighted by Crippen LogP contribution is -2.02. The van der Waals surface area contributed by atoms with Gasteiger partial charge in [0.1, 0.15) is 11.6 Å². The number of nitrogens with zero attached hydrogens (tertiary/aromatic N) is 2. The minimum Gasteiger partial charge on any atom is -0.496 e. The van der Waals surface area contributed by atoms with E-state index in [2.05, 4.69) is 35.2 Å². The van der Waals surface area contributed by atoms with Gasteiger partial charge in [-0.1, -0.05) is 13.8 Å². The summed E-state index contributed by atoms with van der Waals surface area (Å²) in [5, 5.41) is 3.09. The van der Waals surface area contributed by atoms with Gasteiger partial charge >= 0.3 is 0 Å². The van der Waals surface area contributed by atoms with Crippen molar-refractivity contribution in [2.45, 2.75) is 26.7 Å². The van der Waals surface area contributed by atoms with Gasteiger partial charge in [-0.15, -0.1) is 0 Å². The molecule has 0 atom stereocenters. The van der Waals surface area contributed by atoms with Crippen molar-refractivity contribution < 1.29 is 4.74 Å². The highest BCUT2D eigenvalue weighted by Crippen LogP contribution is 2.26. The van der Waals surface area contributed by atoms with Gasteiger partial charge in [0.25, 0.3) is 0 Å². The first-order valence-electron chi connectivity index (χ1n) is 6.77. The highest BCUT2D eigenvalue weighted by Gasteiger charge is 2.10. The number of aryl methyl sites for hydroxylation is 1. The van der Waals surface area contributed by atoms with Gasteiger partial charge in [0.05, 0.1) is 7.11 Å². The molecule has 0 saturated heterocycles. The number of rotatable bonds is 4. The van der Waals surface area contributed by atoms with Crippen LogP contribution in [0.15, 0.2) is 24.3 Å². The molecular formula is C16H21N3O. The quantitative estimate of drug-likeness (QED) is 0.922. The number of methoxy groups -OCH3 is 1. The summed E-state index contributed by atoms with van der Waals surface area (Å²) < 4.78 is 5.29. The van der Waals surface area contributed by atoms with Gasteiger partial charge in [-0.3, -0.25) is 0 Å². The van der Waals surface area contributed by atoms with Crippen LogP contribution in [0.1, 0.15) is 31.0 Å². The summed E-state index contributed by atoms with van der Waals surface area (Å²) in [6.45, 7) is 6.28. The van der Waals surface area contributed by atoms with Gasteiger partial charge in [0, 0.05) is 24.4 Å². The van der Waals surface area contributed by atoms with E-state index in [4.69, 9.17) is 4.74 Å². The smallest absolute Gasteiger partial charge is 0.161 e. The van der Waals surface area contributed by atoms with E-state index in [-0.39, 0.29) is 0 Å². The van der Waals surface area contributed by atoms with Crippen LogP contribution in [0.4, 0.5) is 5.82 Å². The predicted octanol–water partition coefficient (Wildman–Crippen LogP) is 3.63. The molecule has 0 unspecified atom stereocenters. The second-order valence-corrected chi connectivity index (χ2v) is 5.09. The molecule has 4 nitrogen and oxygen atoms in total. The zero-order valence-corrected chi connectivity index (χ0v) is 12.7. The van der Waals surface area contributed by atoms with E-state index in [9.17, 15) is 0 Å². The highest BCUT2D eigenvalue weighted by molar-refractivity contribution is 5.60. The fraction of sp³-hybridized carbons (Fsp3) is 0.375. The monoisotopic (exact) mass is 271 g/mol. The first-order chi connectivity index (χ1) is 9.55. The second-order valence-electron chi connectivity index (χ2n) is 5.09. The van der Waals surface area contributed by atoms with Gasteiger partial charge in [-0.2, -0.15) is 0 Å². The molecule has 106 valence electrons. The van der Waals surface area contributed by atoms with Gasteiger partial charge in [0.2, 0.25) is 0 Å². The van der Waals surface area contributed by atoms with Crippen molar-refractivity contribution in [2.24, 2.45) is 0 Å². The number of hydrogen-bond acceptors (Lipinski definition) is 4. The number of anilines is 1. The Hall–Kier alpha value is -2.10. The van der Waals surface area contributed by atoms with Crippen molar-refractivity contribution >= 4 is 5.82 Å². The summed E-state index contributed by atoms with van der Waals surface area (Å²) in [6, 6.07) is 7.99. The maximum absolute atomic E-state index is 5.29. The standard InChI is InChI=1S/C16H21N3O/c1-10(2)13-9-15(17-4)19-16(18-13)12-6-7-14(20-5)11(3)8-12/h6-10H,1-5H3,(H,17,18,19). The van der Waals surface area contributed by atoms with Gasteiger partial charge in [-0.05, 0) is 36.6 Å². The SMILES string of the molecule is CNc1cc(C(C)C)nc(-c2ccc(OC)c(C)c2)n1. The number of benzene rings is 1. The first kappa shape index (κ1) is 14.3. The highest BCUT2D eigenvalue weighted by atomic mass is 16.5. The average Bonchev–Trinajstić information content (AvgIpc) is 2.46. The summed E-state index contributed by atoms with van der Waals surface area (Å²) >= 11 is 0. The normalized spacial score (nSPS) is 10.7. The van der Waals surface area contributed by atoms with Crippen LogP contribution in [0.3, 0.4) is 0 Å². The maximum atomic E-state index is 5.29. The van der Waals surface area contributed by atoms with Crippen molar-refractivity contribution in [2.75, 3.05) is 19.5 Å². The Morgan fingerprint density at radius 2 is 1.90 bits per heavy atom. The minimum atomic E-state index is 0.364. The molecule has 1 aromatic heterocycles. The topological polar surface area (TPSA) is 47.0 Å². The molecule has 1 N–H and O–H groups in total. The molecule has 20 heavy (non-hydrogen) atoms. The summed E-state index contributed by atoms with van der Waals surface area (Å²) in [6.07, 6.45) is 0. The molecule has 0 bridgehead atoms. The van der Waals surface area contributed by atoms with Crippen LogP contribution < -0.4 is 10.1 Å². The van der Waals surface area contributed by atoms with E-state index in [1.165, 1.54) is 0 Å². The average molecular weight is 271 g/mol. The molecule has 2 aromatic rings. The Kier molecular flexibility index (Phi) is 4.23. The summed E-state index contributed by atoms with van der Waals surface area (Å²) in [4.78, 5) is 9.19. The third kappa shape index (κ3) is 2.90. The molecule has 0 fully saturated rings. The van der Waals surface area contributed by atoms with E-state index >= 15 is 0 Å². The van der Waals surface area contributed by atoms with Crippen LogP contribution in [0.5, 0.6) is 5.75 Å². The molecule has 1 heterocycles. The molecule has 0 aliphatic carbocycles. The van der Waals surface area contributed by atoms with Crippen LogP contribution in [-0.4, -0.2) is 24.1 Å². The van der Waals surface area contributed by atoms with Crippen LogP contribution in [0.25, 0.3) is 11.4 Å². The van der Waals surface area contributed by atoms with Crippen molar-refractivity contribution in [1.82, 2.24) is 9.97 Å². The molecule has 0 radical (unpaired) electrons. The molecule has 2 rings (SSSR count). The third-order valence-corrected chi connectivity index (χ3v) is 3.25. The number of nitrogens with one attached hydrogen (secondary N) is 1. The lowest BCUT2D eigenvalue weighted by Gasteiger charge is -2.11. The Morgan fingerprint density at radius 3 is 2.45 bits per heavy atom. The molecule has 0 aliphatic heterocycles. The molecule has 0 spiro atoms. The maximum Gasteiger partial charge on any atom is 0.161 e. The van der Waals surface area contributed by atoms with Crippen molar-refractivity contribution in [3.05, 3.63) is 35.5 Å². The van der Waals surface area contributed by atoms with Crippen LogP contribution in [0, 0.1) is 6.92 Å². The van der Waals surface area contributed by atoms with E-state index in [0.29, 0.717) is 5.92 Å². The lowest BCUT2D eigenvalue weighted by molar-refractivity contribution is 0.412. The van der Waals surface area contributed by atoms with Crippen molar-refractivity contribution in [3.8, 4) is 17.1 Å². The zero-order valence-electron chi connectivity index (χ0n) is 12.7. The molecule has 0 aliphatic rings. The van der Waals surface area contributed by atoms with Gasteiger partial charge in [-0.25, -0.2) is 9.97 Å². The molecule has 4 heteroatoms. The van der Waals surface area contributed by atoms with E-state index in [0.717, 1.165) is 34.2 Å². The fourth-order valence-electron chi connectivity index (χ4n) is 2.04. The predicted molar refractivity (Wildman–Crippen MR) is 82.4 cm³/mol. The van der Waals surface area contributed by atoms with Crippen LogP contribution in [-0.2, 0) is 0 Å². The Morgan fingerprint density at radius 1 is 1.15 bits per heavy atom. The second kappa shape index (κ2) is 5.90. The number of hydrogen-bond donors (Lipinski definition) is 1. The van der Waals surface area contributed by atoms with Gasteiger partial charge in [0.15, 0.2) is 5.82 Å². The van der Waals surface area contributed by atoms with E-state index < -0.39 is 0 Å². The molecular weight excluding hydrogens is 250 g/mol. The summed E-state index contributed by atoms with van der Waals surface area (Å²) in [5.74, 6) is 2.82. The first-order valence-corrected chi connectivity index (χ1v) is 6.77. The summed E-state index contributed by atoms with van der Waals surface area (Å²) in [7, 11) is 3.55. The zero-order chi connectivity index (χ0) is 14.7. The third-order valence-electron chi connectivity index (χ3n) is 3.25. The van der Waals surface area contributed by atoms with Crippen LogP contribution >= 0.6 is 0 Å². The van der Waals surface area contributed by atoms with Gasteiger partial charge < -0.3 is 10.1 Å². The minimum absolute atomic E-state index is 0.364. The number of aromatic nitrogens is 2. The largest absolute Gasteiger partial charge is 0.496 e. The van der Waals surface area contributed by atoms with E-state index in [1.807, 2.05) is 32.2 Å².